The fourth-order valence-electron chi connectivity index (χ4n) is 3.42. The quantitative estimate of drug-likeness (QED) is 0.403. The Balaban J connectivity index is 1.60. The van der Waals surface area contributed by atoms with Gasteiger partial charge in [-0.25, -0.2) is 5.43 Å². The molecule has 1 N–H and O–H groups in total. The van der Waals surface area contributed by atoms with E-state index in [4.69, 9.17) is 4.42 Å². The van der Waals surface area contributed by atoms with E-state index in [-0.39, 0.29) is 18.4 Å². The highest BCUT2D eigenvalue weighted by molar-refractivity contribution is 6.16. The van der Waals surface area contributed by atoms with E-state index in [9.17, 15) is 14.4 Å². The number of benzene rings is 2. The van der Waals surface area contributed by atoms with Crippen molar-refractivity contribution in [1.82, 2.24) is 10.3 Å². The Morgan fingerprint density at radius 1 is 1.10 bits per heavy atom. The van der Waals surface area contributed by atoms with Gasteiger partial charge in [0.25, 0.3) is 11.8 Å². The molecule has 0 aliphatic carbocycles. The number of hydrogen-bond acceptors (Lipinski definition) is 5. The predicted molar refractivity (Wildman–Crippen MR) is 110 cm³/mol. The first kappa shape index (κ1) is 19.3. The summed E-state index contributed by atoms with van der Waals surface area (Å²) in [6, 6.07) is 17.8. The van der Waals surface area contributed by atoms with Gasteiger partial charge >= 0.3 is 0 Å². The van der Waals surface area contributed by atoms with E-state index in [0.717, 1.165) is 5.56 Å². The molecule has 3 amide bonds. The Morgan fingerprint density at radius 3 is 2.57 bits per heavy atom. The second kappa shape index (κ2) is 8.16. The van der Waals surface area contributed by atoms with E-state index in [1.807, 2.05) is 30.3 Å². The summed E-state index contributed by atoms with van der Waals surface area (Å²) in [4.78, 5) is 39.5. The molecule has 1 aromatic heterocycles. The van der Waals surface area contributed by atoms with Crippen molar-refractivity contribution >= 4 is 23.9 Å². The van der Waals surface area contributed by atoms with E-state index in [1.54, 1.807) is 37.3 Å². The van der Waals surface area contributed by atoms with Crippen molar-refractivity contribution in [2.24, 2.45) is 5.10 Å². The normalized spacial score (nSPS) is 16.0. The molecule has 0 bridgehead atoms. The number of hydrazone groups is 1. The number of carbonyl (C=O) groups excluding carboxylic acids is 3. The van der Waals surface area contributed by atoms with Crippen LogP contribution in [0.4, 0.5) is 0 Å². The lowest BCUT2D eigenvalue weighted by Gasteiger charge is -2.30. The van der Waals surface area contributed by atoms with Crippen LogP contribution in [0.1, 0.15) is 43.5 Å². The molecule has 0 saturated carbocycles. The Hall–Kier alpha value is -4.00. The number of nitrogens with zero attached hydrogens (tertiary/aromatic N) is 2. The van der Waals surface area contributed by atoms with Crippen molar-refractivity contribution in [3.05, 3.63) is 94.9 Å². The third kappa shape index (κ3) is 3.65. The standard InChI is InChI=1S/C23H19N3O4/c1-15-17(11-12-30-15)21(27)25-24-13-20-18-9-5-6-10-19(18)22(28)26(23(20)29)14-16-7-3-2-4-8-16/h2-13,20H,14H2,1H3,(H,25,27). The molecule has 0 saturated heterocycles. The number of amides is 3. The number of carbonyl (C=O) groups is 3. The Bertz CT molecular complexity index is 1130. The minimum Gasteiger partial charge on any atom is -0.469 e. The zero-order valence-corrected chi connectivity index (χ0v) is 16.2. The highest BCUT2D eigenvalue weighted by Gasteiger charge is 2.37. The molecule has 30 heavy (non-hydrogen) atoms. The number of aryl methyl sites for hydroxylation is 1. The van der Waals surface area contributed by atoms with Gasteiger partial charge in [0.05, 0.1) is 18.4 Å². The molecule has 1 aliphatic heterocycles. The van der Waals surface area contributed by atoms with E-state index >= 15 is 0 Å². The first-order chi connectivity index (χ1) is 14.6. The van der Waals surface area contributed by atoms with Crippen molar-refractivity contribution in [2.45, 2.75) is 19.4 Å². The number of nitrogens with one attached hydrogen (secondary N) is 1. The zero-order valence-electron chi connectivity index (χ0n) is 16.2. The predicted octanol–water partition coefficient (Wildman–Crippen LogP) is 3.27. The molecule has 2 heterocycles. The summed E-state index contributed by atoms with van der Waals surface area (Å²) in [5.41, 5.74) is 4.63. The maximum absolute atomic E-state index is 13.1. The van der Waals surface area contributed by atoms with Crippen molar-refractivity contribution in [3.63, 3.8) is 0 Å². The molecule has 7 heteroatoms. The zero-order chi connectivity index (χ0) is 21.1. The molecule has 0 fully saturated rings. The van der Waals surface area contributed by atoms with Crippen molar-refractivity contribution in [1.29, 1.82) is 0 Å². The second-order valence-corrected chi connectivity index (χ2v) is 6.89. The molecule has 0 radical (unpaired) electrons. The van der Waals surface area contributed by atoms with E-state index in [1.165, 1.54) is 17.4 Å². The molecule has 7 nitrogen and oxygen atoms in total. The molecular weight excluding hydrogens is 382 g/mol. The highest BCUT2D eigenvalue weighted by Crippen LogP contribution is 2.29. The Kier molecular flexibility index (Phi) is 5.26. The summed E-state index contributed by atoms with van der Waals surface area (Å²) in [6.45, 7) is 1.84. The molecule has 150 valence electrons. The molecule has 2 aromatic carbocycles. The van der Waals surface area contributed by atoms with E-state index in [0.29, 0.717) is 22.5 Å². The average Bonchev–Trinajstić information content (AvgIpc) is 3.20. The second-order valence-electron chi connectivity index (χ2n) is 6.89. The summed E-state index contributed by atoms with van der Waals surface area (Å²) in [5.74, 6) is -1.48. The number of rotatable bonds is 5. The summed E-state index contributed by atoms with van der Waals surface area (Å²) < 4.78 is 5.12. The van der Waals surface area contributed by atoms with Crippen LogP contribution in [0.25, 0.3) is 0 Å². The van der Waals surface area contributed by atoms with Gasteiger partial charge in [0.2, 0.25) is 5.91 Å². The first-order valence-corrected chi connectivity index (χ1v) is 9.42. The lowest BCUT2D eigenvalue weighted by atomic mass is 9.89. The van der Waals surface area contributed by atoms with Gasteiger partial charge in [0.1, 0.15) is 11.7 Å². The SMILES string of the molecule is Cc1occc1C(=O)NN=CC1C(=O)N(Cc2ccccc2)C(=O)c2ccccc21. The number of hydrogen-bond donors (Lipinski definition) is 1. The molecular formula is C23H19N3O4. The monoisotopic (exact) mass is 401 g/mol. The number of imide groups is 1. The van der Waals surface area contributed by atoms with Crippen LogP contribution in [-0.4, -0.2) is 28.8 Å². The summed E-state index contributed by atoms with van der Waals surface area (Å²) in [7, 11) is 0. The maximum atomic E-state index is 13.1. The van der Waals surface area contributed by atoms with Crippen LogP contribution in [0.15, 0.2) is 76.4 Å². The molecule has 1 atom stereocenters. The van der Waals surface area contributed by atoms with Crippen molar-refractivity contribution in [3.8, 4) is 0 Å². The summed E-state index contributed by atoms with van der Waals surface area (Å²) in [5, 5.41) is 3.98. The topological polar surface area (TPSA) is 92.0 Å². The molecule has 1 aliphatic rings. The van der Waals surface area contributed by atoms with Gasteiger partial charge < -0.3 is 4.42 Å². The van der Waals surface area contributed by atoms with Crippen LogP contribution in [0.3, 0.4) is 0 Å². The van der Waals surface area contributed by atoms with Crippen LogP contribution in [0, 0.1) is 6.92 Å². The minimum absolute atomic E-state index is 0.164. The fraction of sp³-hybridized carbons (Fsp3) is 0.130. The third-order valence-electron chi connectivity index (χ3n) is 4.98. The molecule has 1 unspecified atom stereocenters. The molecule has 3 aromatic rings. The summed E-state index contributed by atoms with van der Waals surface area (Å²) in [6.07, 6.45) is 2.78. The van der Waals surface area contributed by atoms with Crippen LogP contribution < -0.4 is 5.43 Å². The number of furan rings is 1. The number of fused-ring (bicyclic) bond motifs is 1. The van der Waals surface area contributed by atoms with Gasteiger partial charge in [-0.1, -0.05) is 48.5 Å². The molecule has 0 spiro atoms. The van der Waals surface area contributed by atoms with E-state index < -0.39 is 11.8 Å². The van der Waals surface area contributed by atoms with Crippen LogP contribution in [-0.2, 0) is 11.3 Å². The largest absolute Gasteiger partial charge is 0.469 e. The van der Waals surface area contributed by atoms with Crippen LogP contribution in [0.2, 0.25) is 0 Å². The maximum Gasteiger partial charge on any atom is 0.274 e. The van der Waals surface area contributed by atoms with Gasteiger partial charge in [-0.3, -0.25) is 19.3 Å². The highest BCUT2D eigenvalue weighted by atomic mass is 16.3. The van der Waals surface area contributed by atoms with Crippen molar-refractivity contribution < 1.29 is 18.8 Å². The lowest BCUT2D eigenvalue weighted by molar-refractivity contribution is -0.129. The smallest absolute Gasteiger partial charge is 0.274 e. The van der Waals surface area contributed by atoms with Crippen LogP contribution in [0.5, 0.6) is 0 Å². The van der Waals surface area contributed by atoms with Gasteiger partial charge in [-0.05, 0) is 30.2 Å². The Labute approximate surface area is 173 Å². The van der Waals surface area contributed by atoms with Gasteiger partial charge in [-0.15, -0.1) is 0 Å². The Morgan fingerprint density at radius 2 is 1.83 bits per heavy atom. The first-order valence-electron chi connectivity index (χ1n) is 9.42. The minimum atomic E-state index is -0.784. The fourth-order valence-corrected chi connectivity index (χ4v) is 3.42. The van der Waals surface area contributed by atoms with Gasteiger partial charge in [0.15, 0.2) is 0 Å². The molecule has 4 rings (SSSR count). The van der Waals surface area contributed by atoms with Gasteiger partial charge in [0, 0.05) is 11.8 Å². The lowest BCUT2D eigenvalue weighted by Crippen LogP contribution is -2.44. The van der Waals surface area contributed by atoms with Crippen molar-refractivity contribution in [2.75, 3.05) is 0 Å². The summed E-state index contributed by atoms with van der Waals surface area (Å²) >= 11 is 0. The van der Waals surface area contributed by atoms with Crippen LogP contribution >= 0.6 is 0 Å². The van der Waals surface area contributed by atoms with Gasteiger partial charge in [-0.2, -0.15) is 5.10 Å². The average molecular weight is 401 g/mol. The third-order valence-corrected chi connectivity index (χ3v) is 4.98. The van der Waals surface area contributed by atoms with E-state index in [2.05, 4.69) is 10.5 Å².